The molecule has 2 aromatic rings. The summed E-state index contributed by atoms with van der Waals surface area (Å²) in [7, 11) is 0. The summed E-state index contributed by atoms with van der Waals surface area (Å²) < 4.78 is 11.3. The van der Waals surface area contributed by atoms with Crippen molar-refractivity contribution in [3.05, 3.63) is 59.2 Å². The molecule has 1 saturated heterocycles. The molecule has 1 aliphatic heterocycles. The van der Waals surface area contributed by atoms with Gasteiger partial charge in [0.25, 0.3) is 11.7 Å². The summed E-state index contributed by atoms with van der Waals surface area (Å²) in [6, 6.07) is 10.6. The Labute approximate surface area is 193 Å². The summed E-state index contributed by atoms with van der Waals surface area (Å²) in [5, 5.41) is 21.5. The lowest BCUT2D eigenvalue weighted by molar-refractivity contribution is -0.141. The van der Waals surface area contributed by atoms with Crippen molar-refractivity contribution in [1.82, 2.24) is 4.90 Å². The van der Waals surface area contributed by atoms with Gasteiger partial charge in [-0.25, -0.2) is 0 Å². The number of aromatic hydroxyl groups is 1. The van der Waals surface area contributed by atoms with Gasteiger partial charge in [-0.15, -0.1) is 0 Å². The standard InChI is InChI=1S/C26H29NO6/c1-3-32-19-12-13-20(21(15-19)33-4-2)24(29)22-23(16-8-7-11-18(28)14-16)27(26(31)25(22)30)17-9-5-6-10-17/h7-8,11-15,17,23,28-29H,3-6,9-10H2,1-2H3/b24-22-. The molecule has 0 spiro atoms. The van der Waals surface area contributed by atoms with Crippen LogP contribution < -0.4 is 9.47 Å². The zero-order chi connectivity index (χ0) is 23.5. The van der Waals surface area contributed by atoms with Gasteiger partial charge in [0.2, 0.25) is 0 Å². The van der Waals surface area contributed by atoms with Gasteiger partial charge >= 0.3 is 0 Å². The van der Waals surface area contributed by atoms with Crippen LogP contribution in [-0.2, 0) is 9.59 Å². The van der Waals surface area contributed by atoms with E-state index in [4.69, 9.17) is 9.47 Å². The van der Waals surface area contributed by atoms with Crippen LogP contribution in [0.3, 0.4) is 0 Å². The monoisotopic (exact) mass is 451 g/mol. The Bertz CT molecular complexity index is 1090. The van der Waals surface area contributed by atoms with E-state index in [2.05, 4.69) is 0 Å². The molecule has 1 atom stereocenters. The first-order valence-corrected chi connectivity index (χ1v) is 11.4. The zero-order valence-electron chi connectivity index (χ0n) is 18.9. The number of benzene rings is 2. The fraction of sp³-hybridized carbons (Fsp3) is 0.385. The number of ketones is 1. The van der Waals surface area contributed by atoms with Gasteiger partial charge in [-0.1, -0.05) is 25.0 Å². The van der Waals surface area contributed by atoms with Gasteiger partial charge in [0.15, 0.2) is 0 Å². The van der Waals surface area contributed by atoms with Crippen LogP contribution in [0, 0.1) is 0 Å². The summed E-state index contributed by atoms with van der Waals surface area (Å²) in [5.74, 6) is -0.685. The molecule has 0 bridgehead atoms. The highest BCUT2D eigenvalue weighted by Crippen LogP contribution is 2.45. The van der Waals surface area contributed by atoms with Crippen molar-refractivity contribution in [3.8, 4) is 17.2 Å². The molecule has 1 saturated carbocycles. The molecule has 7 nitrogen and oxygen atoms in total. The number of nitrogens with zero attached hydrogens (tertiary/aromatic N) is 1. The molecule has 174 valence electrons. The maximum atomic E-state index is 13.3. The van der Waals surface area contributed by atoms with Crippen LogP contribution in [0.2, 0.25) is 0 Å². The van der Waals surface area contributed by atoms with E-state index in [1.807, 2.05) is 13.8 Å². The van der Waals surface area contributed by atoms with Crippen molar-refractivity contribution in [3.63, 3.8) is 0 Å². The molecule has 2 N–H and O–H groups in total. The zero-order valence-corrected chi connectivity index (χ0v) is 18.9. The largest absolute Gasteiger partial charge is 0.508 e. The highest BCUT2D eigenvalue weighted by atomic mass is 16.5. The Morgan fingerprint density at radius 3 is 2.42 bits per heavy atom. The Hall–Kier alpha value is -3.48. The highest BCUT2D eigenvalue weighted by molar-refractivity contribution is 6.46. The topological polar surface area (TPSA) is 96.3 Å². The minimum atomic E-state index is -0.791. The minimum Gasteiger partial charge on any atom is -0.508 e. The fourth-order valence-corrected chi connectivity index (χ4v) is 4.81. The van der Waals surface area contributed by atoms with E-state index < -0.39 is 17.7 Å². The van der Waals surface area contributed by atoms with E-state index in [0.717, 1.165) is 25.7 Å². The van der Waals surface area contributed by atoms with Crippen LogP contribution in [0.5, 0.6) is 17.2 Å². The molecule has 2 aliphatic rings. The van der Waals surface area contributed by atoms with Crippen molar-refractivity contribution in [2.75, 3.05) is 13.2 Å². The van der Waals surface area contributed by atoms with Crippen LogP contribution in [0.1, 0.15) is 56.7 Å². The maximum absolute atomic E-state index is 13.3. The van der Waals surface area contributed by atoms with Gasteiger partial charge in [-0.3, -0.25) is 9.59 Å². The summed E-state index contributed by atoms with van der Waals surface area (Å²) in [4.78, 5) is 28.0. The minimum absolute atomic E-state index is 0.00242. The molecule has 0 radical (unpaired) electrons. The molecule has 7 heteroatoms. The molecular weight excluding hydrogens is 422 g/mol. The second-order valence-electron chi connectivity index (χ2n) is 8.26. The van der Waals surface area contributed by atoms with Crippen molar-refractivity contribution in [1.29, 1.82) is 0 Å². The van der Waals surface area contributed by atoms with Gasteiger partial charge in [-0.05, 0) is 56.5 Å². The normalized spacial score (nSPS) is 20.4. The third kappa shape index (κ3) is 4.27. The van der Waals surface area contributed by atoms with Crippen molar-refractivity contribution in [2.24, 2.45) is 0 Å². The average molecular weight is 452 g/mol. The summed E-state index contributed by atoms with van der Waals surface area (Å²) >= 11 is 0. The number of amides is 1. The lowest BCUT2D eigenvalue weighted by Gasteiger charge is -2.30. The third-order valence-corrected chi connectivity index (χ3v) is 6.20. The molecule has 1 amide bonds. The van der Waals surface area contributed by atoms with Crippen molar-refractivity contribution in [2.45, 2.75) is 51.6 Å². The number of hydrogen-bond donors (Lipinski definition) is 2. The smallest absolute Gasteiger partial charge is 0.295 e. The Morgan fingerprint density at radius 1 is 1.03 bits per heavy atom. The predicted octanol–water partition coefficient (Wildman–Crippen LogP) is 4.55. The third-order valence-electron chi connectivity index (χ3n) is 6.20. The van der Waals surface area contributed by atoms with E-state index in [0.29, 0.717) is 35.8 Å². The molecule has 2 fully saturated rings. The number of hydrogen-bond acceptors (Lipinski definition) is 6. The summed E-state index contributed by atoms with van der Waals surface area (Å²) in [6.45, 7) is 4.51. The van der Waals surface area contributed by atoms with Gasteiger partial charge in [0.1, 0.15) is 23.0 Å². The SMILES string of the molecule is CCOc1ccc(/C(O)=C2/C(=O)C(=O)N(C3CCCC3)C2c2cccc(O)c2)c(OCC)c1. The van der Waals surface area contributed by atoms with Crippen LogP contribution in [-0.4, -0.2) is 46.1 Å². The molecule has 2 aromatic carbocycles. The molecule has 33 heavy (non-hydrogen) atoms. The molecular formula is C26H29NO6. The quantitative estimate of drug-likeness (QED) is 0.364. The average Bonchev–Trinajstić information content (AvgIpc) is 3.41. The van der Waals surface area contributed by atoms with Gasteiger partial charge in [0, 0.05) is 12.1 Å². The van der Waals surface area contributed by atoms with Crippen LogP contribution in [0.25, 0.3) is 5.76 Å². The lowest BCUT2D eigenvalue weighted by atomic mass is 9.94. The number of Topliss-reactive ketones (excluding diaryl/α,β-unsaturated/α-hetero) is 1. The Balaban J connectivity index is 1.89. The van der Waals surface area contributed by atoms with Crippen LogP contribution >= 0.6 is 0 Å². The first-order valence-electron chi connectivity index (χ1n) is 11.4. The number of carbonyl (C=O) groups excluding carboxylic acids is 2. The van der Waals surface area contributed by atoms with E-state index in [1.54, 1.807) is 35.2 Å². The molecule has 1 aliphatic carbocycles. The van der Waals surface area contributed by atoms with E-state index in [9.17, 15) is 19.8 Å². The summed E-state index contributed by atoms with van der Waals surface area (Å²) in [5.41, 5.74) is 0.893. The molecule has 1 unspecified atom stereocenters. The molecule has 1 heterocycles. The number of phenols is 1. The van der Waals surface area contributed by atoms with Crippen LogP contribution in [0.4, 0.5) is 0 Å². The second-order valence-corrected chi connectivity index (χ2v) is 8.26. The Kier molecular flexibility index (Phi) is 6.58. The second kappa shape index (κ2) is 9.57. The number of likely N-dealkylation sites (tertiary alicyclic amines) is 1. The van der Waals surface area contributed by atoms with E-state index in [-0.39, 0.29) is 23.1 Å². The number of aliphatic hydroxyl groups excluding tert-OH is 1. The lowest BCUT2D eigenvalue weighted by Crippen LogP contribution is -2.37. The highest BCUT2D eigenvalue weighted by Gasteiger charge is 2.49. The first-order chi connectivity index (χ1) is 16.0. The van der Waals surface area contributed by atoms with Crippen molar-refractivity contribution >= 4 is 17.4 Å². The predicted molar refractivity (Wildman–Crippen MR) is 123 cm³/mol. The fourth-order valence-electron chi connectivity index (χ4n) is 4.81. The molecule has 0 aromatic heterocycles. The van der Waals surface area contributed by atoms with E-state index in [1.165, 1.54) is 12.1 Å². The maximum Gasteiger partial charge on any atom is 0.295 e. The van der Waals surface area contributed by atoms with E-state index >= 15 is 0 Å². The number of rotatable bonds is 7. The number of carbonyl (C=O) groups is 2. The summed E-state index contributed by atoms with van der Waals surface area (Å²) in [6.07, 6.45) is 3.56. The molecule has 4 rings (SSSR count). The number of ether oxygens (including phenoxy) is 2. The number of aliphatic hydroxyl groups is 1. The van der Waals surface area contributed by atoms with Crippen LogP contribution in [0.15, 0.2) is 48.0 Å². The van der Waals surface area contributed by atoms with Gasteiger partial charge in [-0.2, -0.15) is 0 Å². The van der Waals surface area contributed by atoms with Gasteiger partial charge < -0.3 is 24.6 Å². The van der Waals surface area contributed by atoms with Crippen molar-refractivity contribution < 1.29 is 29.3 Å². The number of phenolic OH excluding ortho intramolecular Hbond substituents is 1. The van der Waals surface area contributed by atoms with Gasteiger partial charge in [0.05, 0.1) is 30.4 Å². The first kappa shape index (κ1) is 22.7. The Morgan fingerprint density at radius 2 is 1.76 bits per heavy atom.